The molecule has 0 aromatic heterocycles. The molecule has 0 fully saturated rings. The van der Waals surface area contributed by atoms with Crippen LogP contribution in [0.3, 0.4) is 0 Å². The monoisotopic (exact) mass is 393 g/mol. The summed E-state index contributed by atoms with van der Waals surface area (Å²) in [5, 5.41) is 4.17. The Labute approximate surface area is 153 Å². The fraction of sp³-hybridized carbons (Fsp3) is 0.333. The molecule has 2 aromatic rings. The molecule has 0 aliphatic heterocycles. The number of aryl methyl sites for hydroxylation is 1. The summed E-state index contributed by atoms with van der Waals surface area (Å²) >= 11 is 11.8. The first-order valence-corrected chi connectivity index (χ1v) is 8.45. The van der Waals surface area contributed by atoms with Crippen molar-refractivity contribution >= 4 is 23.2 Å². The van der Waals surface area contributed by atoms with Crippen molar-refractivity contribution in [3.05, 3.63) is 69.0 Å². The maximum atomic E-state index is 13.5. The molecule has 1 atom stereocenters. The van der Waals surface area contributed by atoms with Crippen molar-refractivity contribution in [3.63, 3.8) is 0 Å². The standard InChI is InChI=1S/C18H17Cl2F4N/c1-11(2-3-12-5-7-15(19)16(20)8-12)25-10-13-4-6-14(17(21)9-13)18(22,23)24/h4-9,11,25H,2-3,10H2,1H3. The van der Waals surface area contributed by atoms with Crippen molar-refractivity contribution in [3.8, 4) is 0 Å². The number of hydrogen-bond donors (Lipinski definition) is 1. The van der Waals surface area contributed by atoms with Crippen molar-refractivity contribution in [2.75, 3.05) is 0 Å². The maximum absolute atomic E-state index is 13.5. The van der Waals surface area contributed by atoms with Crippen LogP contribution in [0.15, 0.2) is 36.4 Å². The SMILES string of the molecule is CC(CCc1ccc(Cl)c(Cl)c1)NCc1ccc(C(F)(F)F)c(F)c1. The van der Waals surface area contributed by atoms with E-state index in [0.29, 0.717) is 15.6 Å². The van der Waals surface area contributed by atoms with Crippen LogP contribution < -0.4 is 5.32 Å². The van der Waals surface area contributed by atoms with Gasteiger partial charge in [0.05, 0.1) is 15.6 Å². The van der Waals surface area contributed by atoms with Gasteiger partial charge in [0.1, 0.15) is 5.82 Å². The lowest BCUT2D eigenvalue weighted by atomic mass is 10.1. The minimum absolute atomic E-state index is 0.0970. The minimum Gasteiger partial charge on any atom is -0.310 e. The lowest BCUT2D eigenvalue weighted by Crippen LogP contribution is -2.26. The Kier molecular flexibility index (Phi) is 6.72. The predicted molar refractivity (Wildman–Crippen MR) is 92.5 cm³/mol. The Morgan fingerprint density at radius 3 is 2.28 bits per heavy atom. The van der Waals surface area contributed by atoms with Gasteiger partial charge in [-0.15, -0.1) is 0 Å². The third-order valence-electron chi connectivity index (χ3n) is 3.84. The second kappa shape index (κ2) is 8.39. The predicted octanol–water partition coefficient (Wildman–Crippen LogP) is 6.26. The Balaban J connectivity index is 1.86. The van der Waals surface area contributed by atoms with Crippen LogP contribution in [-0.4, -0.2) is 6.04 Å². The number of nitrogens with one attached hydrogen (secondary N) is 1. The zero-order valence-electron chi connectivity index (χ0n) is 13.4. The van der Waals surface area contributed by atoms with Crippen molar-refractivity contribution in [1.82, 2.24) is 5.32 Å². The second-order valence-electron chi connectivity index (χ2n) is 5.88. The first-order chi connectivity index (χ1) is 11.7. The van der Waals surface area contributed by atoms with Gasteiger partial charge in [-0.2, -0.15) is 13.2 Å². The summed E-state index contributed by atoms with van der Waals surface area (Å²) in [6, 6.07) is 8.51. The van der Waals surface area contributed by atoms with Gasteiger partial charge in [0.2, 0.25) is 0 Å². The lowest BCUT2D eigenvalue weighted by Gasteiger charge is -2.15. The van der Waals surface area contributed by atoms with Gasteiger partial charge < -0.3 is 5.32 Å². The van der Waals surface area contributed by atoms with Crippen LogP contribution >= 0.6 is 23.2 Å². The van der Waals surface area contributed by atoms with Gasteiger partial charge in [-0.05, 0) is 55.2 Å². The molecule has 0 heterocycles. The molecular formula is C18H17Cl2F4N. The van der Waals surface area contributed by atoms with Gasteiger partial charge in [0.15, 0.2) is 0 Å². The molecule has 0 bridgehead atoms. The summed E-state index contributed by atoms with van der Waals surface area (Å²) < 4.78 is 51.1. The van der Waals surface area contributed by atoms with Crippen LogP contribution in [0.2, 0.25) is 10.0 Å². The Morgan fingerprint density at radius 1 is 1.00 bits per heavy atom. The van der Waals surface area contributed by atoms with Gasteiger partial charge in [-0.3, -0.25) is 0 Å². The normalized spacial score (nSPS) is 13.1. The number of hydrogen-bond acceptors (Lipinski definition) is 1. The molecule has 1 unspecified atom stereocenters. The molecule has 25 heavy (non-hydrogen) atoms. The number of benzene rings is 2. The zero-order valence-corrected chi connectivity index (χ0v) is 14.9. The molecule has 2 rings (SSSR count). The highest BCUT2D eigenvalue weighted by Gasteiger charge is 2.33. The van der Waals surface area contributed by atoms with Crippen molar-refractivity contribution in [2.24, 2.45) is 0 Å². The quantitative estimate of drug-likeness (QED) is 0.570. The van der Waals surface area contributed by atoms with Gasteiger partial charge in [-0.1, -0.05) is 35.3 Å². The van der Waals surface area contributed by atoms with Gasteiger partial charge >= 0.3 is 6.18 Å². The number of rotatable bonds is 6. The largest absolute Gasteiger partial charge is 0.419 e. The maximum Gasteiger partial charge on any atom is 0.419 e. The average molecular weight is 394 g/mol. The average Bonchev–Trinajstić information content (AvgIpc) is 2.53. The highest BCUT2D eigenvalue weighted by Crippen LogP contribution is 2.31. The first-order valence-electron chi connectivity index (χ1n) is 7.69. The Bertz CT molecular complexity index is 732. The lowest BCUT2D eigenvalue weighted by molar-refractivity contribution is -0.140. The van der Waals surface area contributed by atoms with Crippen LogP contribution in [0.25, 0.3) is 0 Å². The molecule has 136 valence electrons. The molecule has 0 saturated heterocycles. The molecule has 0 aliphatic rings. The van der Waals surface area contributed by atoms with Gasteiger partial charge in [0, 0.05) is 12.6 Å². The molecule has 0 amide bonds. The molecule has 2 aromatic carbocycles. The van der Waals surface area contributed by atoms with Crippen LogP contribution in [0.1, 0.15) is 30.0 Å². The minimum atomic E-state index is -4.68. The van der Waals surface area contributed by atoms with E-state index >= 15 is 0 Å². The number of alkyl halides is 3. The van der Waals surface area contributed by atoms with E-state index in [-0.39, 0.29) is 12.6 Å². The van der Waals surface area contributed by atoms with Crippen LogP contribution in [-0.2, 0) is 19.1 Å². The van der Waals surface area contributed by atoms with E-state index in [9.17, 15) is 17.6 Å². The fourth-order valence-corrected chi connectivity index (χ4v) is 2.69. The molecule has 0 aliphatic carbocycles. The summed E-state index contributed by atoms with van der Waals surface area (Å²) in [6.07, 6.45) is -3.11. The van der Waals surface area contributed by atoms with Gasteiger partial charge in [-0.25, -0.2) is 4.39 Å². The number of halogens is 6. The van der Waals surface area contributed by atoms with E-state index in [0.717, 1.165) is 30.5 Å². The molecule has 0 saturated carbocycles. The highest BCUT2D eigenvalue weighted by atomic mass is 35.5. The summed E-state index contributed by atoms with van der Waals surface area (Å²) in [7, 11) is 0. The molecule has 7 heteroatoms. The summed E-state index contributed by atoms with van der Waals surface area (Å²) in [6.45, 7) is 2.25. The van der Waals surface area contributed by atoms with E-state index in [1.165, 1.54) is 6.07 Å². The molecule has 0 radical (unpaired) electrons. The van der Waals surface area contributed by atoms with Crippen molar-refractivity contribution < 1.29 is 17.6 Å². The van der Waals surface area contributed by atoms with Crippen LogP contribution in [0.4, 0.5) is 17.6 Å². The van der Waals surface area contributed by atoms with Gasteiger partial charge in [0.25, 0.3) is 0 Å². The van der Waals surface area contributed by atoms with Crippen LogP contribution in [0.5, 0.6) is 0 Å². The van der Waals surface area contributed by atoms with E-state index in [1.54, 1.807) is 6.07 Å². The van der Waals surface area contributed by atoms with E-state index in [1.807, 2.05) is 19.1 Å². The third-order valence-corrected chi connectivity index (χ3v) is 4.58. The molecule has 0 spiro atoms. The second-order valence-corrected chi connectivity index (χ2v) is 6.70. The highest BCUT2D eigenvalue weighted by molar-refractivity contribution is 6.42. The molecular weight excluding hydrogens is 377 g/mol. The van der Waals surface area contributed by atoms with Crippen molar-refractivity contribution in [1.29, 1.82) is 0 Å². The summed E-state index contributed by atoms with van der Waals surface area (Å²) in [4.78, 5) is 0. The van der Waals surface area contributed by atoms with E-state index < -0.39 is 17.6 Å². The fourth-order valence-electron chi connectivity index (χ4n) is 2.37. The Morgan fingerprint density at radius 2 is 1.68 bits per heavy atom. The van der Waals surface area contributed by atoms with Crippen molar-refractivity contribution in [2.45, 2.75) is 38.5 Å². The molecule has 1 N–H and O–H groups in total. The molecule has 1 nitrogen and oxygen atoms in total. The van der Waals surface area contributed by atoms with E-state index in [2.05, 4.69) is 5.32 Å². The summed E-state index contributed by atoms with van der Waals surface area (Å²) in [5.74, 6) is -1.25. The van der Waals surface area contributed by atoms with E-state index in [4.69, 9.17) is 23.2 Å². The topological polar surface area (TPSA) is 12.0 Å². The zero-order chi connectivity index (χ0) is 18.6. The smallest absolute Gasteiger partial charge is 0.310 e. The third kappa shape index (κ3) is 5.87. The first kappa shape index (κ1) is 20.0. The Hall–Kier alpha value is -1.30. The van der Waals surface area contributed by atoms with Crippen LogP contribution in [0, 0.1) is 5.82 Å². The summed E-state index contributed by atoms with van der Waals surface area (Å²) in [5.41, 5.74) is 0.263.